The van der Waals surface area contributed by atoms with Gasteiger partial charge in [0.25, 0.3) is 0 Å². The Morgan fingerprint density at radius 3 is 2.17 bits per heavy atom. The summed E-state index contributed by atoms with van der Waals surface area (Å²) in [5, 5.41) is 0. The molecule has 2 N–H and O–H groups in total. The van der Waals surface area contributed by atoms with Gasteiger partial charge in [-0.15, -0.1) is 0 Å². The maximum atomic E-state index is 5.56. The molecule has 12 heavy (non-hydrogen) atoms. The van der Waals surface area contributed by atoms with Gasteiger partial charge in [0.1, 0.15) is 0 Å². The molecule has 2 atom stereocenters. The molecule has 2 nitrogen and oxygen atoms in total. The highest BCUT2D eigenvalue weighted by Gasteiger charge is 2.15. The molecule has 2 unspecified atom stereocenters. The first-order valence-electron chi connectivity index (χ1n) is 5.09. The third-order valence-electron chi connectivity index (χ3n) is 2.83. The number of nitrogens with zero attached hydrogens (tertiary/aromatic N) is 1. The molecule has 0 bridgehead atoms. The molecule has 0 saturated heterocycles. The van der Waals surface area contributed by atoms with Gasteiger partial charge in [-0.25, -0.2) is 0 Å². The van der Waals surface area contributed by atoms with E-state index in [0.717, 1.165) is 13.0 Å². The van der Waals surface area contributed by atoms with E-state index in [1.165, 1.54) is 12.8 Å². The van der Waals surface area contributed by atoms with Crippen molar-refractivity contribution in [2.45, 2.75) is 52.1 Å². The lowest BCUT2D eigenvalue weighted by atomic mass is 10.1. The van der Waals surface area contributed by atoms with E-state index < -0.39 is 0 Å². The molecule has 0 aliphatic rings. The second-order valence-electron chi connectivity index (χ2n) is 3.56. The third-order valence-corrected chi connectivity index (χ3v) is 2.83. The van der Waals surface area contributed by atoms with Crippen LogP contribution in [0, 0.1) is 0 Å². The largest absolute Gasteiger partial charge is 0.330 e. The molecule has 0 aliphatic heterocycles. The normalized spacial score (nSPS) is 16.5. The van der Waals surface area contributed by atoms with Crippen molar-refractivity contribution in [1.29, 1.82) is 0 Å². The van der Waals surface area contributed by atoms with Crippen LogP contribution < -0.4 is 5.73 Å². The van der Waals surface area contributed by atoms with Crippen molar-refractivity contribution in [2.24, 2.45) is 5.73 Å². The van der Waals surface area contributed by atoms with Crippen LogP contribution in [0.2, 0.25) is 0 Å². The Bertz CT molecular complexity index is 104. The summed E-state index contributed by atoms with van der Waals surface area (Å²) in [6.45, 7) is 7.55. The lowest BCUT2D eigenvalue weighted by molar-refractivity contribution is 0.168. The highest BCUT2D eigenvalue weighted by molar-refractivity contribution is 4.71. The van der Waals surface area contributed by atoms with Crippen LogP contribution in [0.25, 0.3) is 0 Å². The second-order valence-corrected chi connectivity index (χ2v) is 3.56. The molecular formula is C10H24N2. The van der Waals surface area contributed by atoms with Gasteiger partial charge in [-0.2, -0.15) is 0 Å². The minimum atomic E-state index is 0.671. The van der Waals surface area contributed by atoms with Crippen molar-refractivity contribution >= 4 is 0 Å². The minimum absolute atomic E-state index is 0.671. The van der Waals surface area contributed by atoms with Crippen molar-refractivity contribution < 1.29 is 0 Å². The van der Waals surface area contributed by atoms with Gasteiger partial charge >= 0.3 is 0 Å². The van der Waals surface area contributed by atoms with E-state index in [0.29, 0.717) is 12.1 Å². The first-order chi connectivity index (χ1) is 5.67. The minimum Gasteiger partial charge on any atom is -0.330 e. The molecule has 0 aromatic heterocycles. The Balaban J connectivity index is 3.91. The van der Waals surface area contributed by atoms with Crippen LogP contribution in [0.5, 0.6) is 0 Å². The average molecular weight is 172 g/mol. The molecule has 0 saturated carbocycles. The Kier molecular flexibility index (Phi) is 6.39. The molecule has 2 heteroatoms. The van der Waals surface area contributed by atoms with E-state index in [-0.39, 0.29) is 0 Å². The van der Waals surface area contributed by atoms with E-state index in [1.54, 1.807) is 0 Å². The predicted molar refractivity (Wildman–Crippen MR) is 55.3 cm³/mol. The zero-order chi connectivity index (χ0) is 9.56. The molecule has 0 rings (SSSR count). The lowest BCUT2D eigenvalue weighted by Crippen LogP contribution is -2.39. The van der Waals surface area contributed by atoms with Gasteiger partial charge in [0, 0.05) is 12.1 Å². The van der Waals surface area contributed by atoms with Gasteiger partial charge in [-0.05, 0) is 39.8 Å². The summed E-state index contributed by atoms with van der Waals surface area (Å²) >= 11 is 0. The third kappa shape index (κ3) is 3.55. The number of nitrogens with two attached hydrogens (primary N) is 1. The van der Waals surface area contributed by atoms with Gasteiger partial charge < -0.3 is 10.6 Å². The monoisotopic (exact) mass is 172 g/mol. The van der Waals surface area contributed by atoms with Gasteiger partial charge in [-0.1, -0.05) is 13.8 Å². The summed E-state index contributed by atoms with van der Waals surface area (Å²) in [5.41, 5.74) is 5.56. The summed E-state index contributed by atoms with van der Waals surface area (Å²) in [6, 6.07) is 1.35. The molecule has 74 valence electrons. The molecule has 0 fully saturated rings. The van der Waals surface area contributed by atoms with Gasteiger partial charge in [0.2, 0.25) is 0 Å². The first-order valence-corrected chi connectivity index (χ1v) is 5.09. The quantitative estimate of drug-likeness (QED) is 0.662. The van der Waals surface area contributed by atoms with Crippen molar-refractivity contribution in [2.75, 3.05) is 13.6 Å². The van der Waals surface area contributed by atoms with Crippen LogP contribution in [0.15, 0.2) is 0 Å². The summed E-state index contributed by atoms with van der Waals surface area (Å²) in [5.74, 6) is 0. The fraction of sp³-hybridized carbons (Fsp3) is 1.00. The summed E-state index contributed by atoms with van der Waals surface area (Å²) < 4.78 is 0. The molecular weight excluding hydrogens is 148 g/mol. The van der Waals surface area contributed by atoms with Crippen LogP contribution in [0.1, 0.15) is 40.0 Å². The van der Waals surface area contributed by atoms with E-state index in [9.17, 15) is 0 Å². The summed E-state index contributed by atoms with van der Waals surface area (Å²) in [6.07, 6.45) is 3.55. The fourth-order valence-electron chi connectivity index (χ4n) is 1.54. The van der Waals surface area contributed by atoms with Crippen LogP contribution in [-0.4, -0.2) is 30.6 Å². The van der Waals surface area contributed by atoms with Crippen LogP contribution >= 0.6 is 0 Å². The zero-order valence-corrected chi connectivity index (χ0v) is 9.01. The zero-order valence-electron chi connectivity index (χ0n) is 9.01. The number of hydrogen-bond donors (Lipinski definition) is 1. The van der Waals surface area contributed by atoms with Gasteiger partial charge in [0.15, 0.2) is 0 Å². The van der Waals surface area contributed by atoms with E-state index >= 15 is 0 Å². The van der Waals surface area contributed by atoms with E-state index in [4.69, 9.17) is 5.73 Å². The Morgan fingerprint density at radius 2 is 1.83 bits per heavy atom. The van der Waals surface area contributed by atoms with Crippen LogP contribution in [0.4, 0.5) is 0 Å². The van der Waals surface area contributed by atoms with Crippen LogP contribution in [-0.2, 0) is 0 Å². The average Bonchev–Trinajstić information content (AvgIpc) is 2.11. The SMILES string of the molecule is CCC(C)N(C)C(CC)CCN. The maximum Gasteiger partial charge on any atom is 0.0104 e. The van der Waals surface area contributed by atoms with E-state index in [1.807, 2.05) is 0 Å². The number of hydrogen-bond acceptors (Lipinski definition) is 2. The Morgan fingerprint density at radius 1 is 1.25 bits per heavy atom. The maximum absolute atomic E-state index is 5.56. The van der Waals surface area contributed by atoms with Crippen LogP contribution in [0.3, 0.4) is 0 Å². The summed E-state index contributed by atoms with van der Waals surface area (Å²) in [4.78, 5) is 2.45. The van der Waals surface area contributed by atoms with Crippen molar-refractivity contribution in [3.8, 4) is 0 Å². The number of rotatable bonds is 6. The standard InChI is InChI=1S/C10H24N2/c1-5-9(3)12(4)10(6-2)7-8-11/h9-10H,5-8,11H2,1-4H3. The van der Waals surface area contributed by atoms with Gasteiger partial charge in [-0.3, -0.25) is 0 Å². The fourth-order valence-corrected chi connectivity index (χ4v) is 1.54. The highest BCUT2D eigenvalue weighted by Crippen LogP contribution is 2.11. The molecule has 0 heterocycles. The van der Waals surface area contributed by atoms with Crippen molar-refractivity contribution in [3.63, 3.8) is 0 Å². The molecule has 0 aromatic carbocycles. The molecule has 0 aromatic rings. The smallest absolute Gasteiger partial charge is 0.0104 e. The molecule has 0 spiro atoms. The van der Waals surface area contributed by atoms with Gasteiger partial charge in [0.05, 0.1) is 0 Å². The molecule has 0 amide bonds. The second kappa shape index (κ2) is 6.44. The predicted octanol–water partition coefficient (Wildman–Crippen LogP) is 1.84. The summed E-state index contributed by atoms with van der Waals surface area (Å²) in [7, 11) is 2.21. The van der Waals surface area contributed by atoms with E-state index in [2.05, 4.69) is 32.7 Å². The first kappa shape index (κ1) is 11.9. The molecule has 0 aliphatic carbocycles. The highest BCUT2D eigenvalue weighted by atomic mass is 15.1. The van der Waals surface area contributed by atoms with Crippen molar-refractivity contribution in [3.05, 3.63) is 0 Å². The van der Waals surface area contributed by atoms with Crippen molar-refractivity contribution in [1.82, 2.24) is 4.90 Å². The molecule has 0 radical (unpaired) electrons. The topological polar surface area (TPSA) is 29.3 Å². The Hall–Kier alpha value is -0.0800. The Labute approximate surface area is 77.1 Å². The lowest BCUT2D eigenvalue weighted by Gasteiger charge is -2.31.